The molecule has 0 aliphatic carbocycles. The van der Waals surface area contributed by atoms with Crippen molar-refractivity contribution in [3.05, 3.63) is 65.0 Å². The van der Waals surface area contributed by atoms with Crippen LogP contribution in [0, 0.1) is 12.8 Å². The number of para-hydroxylation sites is 1. The topological polar surface area (TPSA) is 118 Å². The number of allylic oxidation sites excluding steroid dienone is 1. The Kier molecular flexibility index (Phi) is 7.80. The van der Waals surface area contributed by atoms with Crippen LogP contribution in [0.25, 0.3) is 5.65 Å². The average molecular weight is 548 g/mol. The van der Waals surface area contributed by atoms with Gasteiger partial charge in [0.1, 0.15) is 18.2 Å². The minimum atomic E-state index is -1.25. The summed E-state index contributed by atoms with van der Waals surface area (Å²) in [4.78, 5) is 32.7. The Balaban J connectivity index is 1.62. The number of carboxylic acid groups (broad SMARTS) is 1. The number of ether oxygens (including phenoxy) is 2. The van der Waals surface area contributed by atoms with E-state index in [0.717, 1.165) is 43.7 Å². The number of amides is 1. The van der Waals surface area contributed by atoms with Gasteiger partial charge in [0.25, 0.3) is 5.91 Å². The largest absolute Gasteiger partial charge is 0.489 e. The maximum Gasteiger partial charge on any atom is 0.337 e. The maximum absolute atomic E-state index is 13.3. The highest BCUT2D eigenvalue weighted by Crippen LogP contribution is 2.37. The highest BCUT2D eigenvalue weighted by Gasteiger charge is 2.35. The molecule has 10 nitrogen and oxygen atoms in total. The third kappa shape index (κ3) is 5.96. The fourth-order valence-electron chi connectivity index (χ4n) is 5.36. The molecule has 0 radical (unpaired) electrons. The van der Waals surface area contributed by atoms with E-state index in [0.29, 0.717) is 35.2 Å². The minimum Gasteiger partial charge on any atom is -0.489 e. The van der Waals surface area contributed by atoms with Crippen molar-refractivity contribution in [2.24, 2.45) is 5.92 Å². The molecule has 1 aromatic carbocycles. The van der Waals surface area contributed by atoms with Gasteiger partial charge in [0.15, 0.2) is 17.4 Å². The predicted octanol–water partition coefficient (Wildman–Crippen LogP) is 4.46. The summed E-state index contributed by atoms with van der Waals surface area (Å²) in [7, 11) is 0. The van der Waals surface area contributed by atoms with Gasteiger partial charge >= 0.3 is 5.97 Å². The van der Waals surface area contributed by atoms with Gasteiger partial charge in [-0.25, -0.2) is 9.78 Å². The van der Waals surface area contributed by atoms with Crippen LogP contribution in [-0.2, 0) is 16.1 Å². The molecule has 0 spiro atoms. The number of fused-ring (bicyclic) bond motifs is 7. The van der Waals surface area contributed by atoms with Crippen LogP contribution in [0.2, 0.25) is 0 Å². The number of anilines is 1. The molecule has 2 N–H and O–H groups in total. The highest BCUT2D eigenvalue weighted by molar-refractivity contribution is 5.93. The Morgan fingerprint density at radius 3 is 2.67 bits per heavy atom. The number of hydrogen-bond acceptors (Lipinski definition) is 7. The first-order chi connectivity index (χ1) is 19.1. The smallest absolute Gasteiger partial charge is 0.337 e. The molecule has 5 heterocycles. The van der Waals surface area contributed by atoms with Crippen LogP contribution in [0.3, 0.4) is 0 Å². The lowest BCUT2D eigenvalue weighted by molar-refractivity contribution is -0.160. The maximum atomic E-state index is 13.3. The molecule has 3 aromatic rings. The van der Waals surface area contributed by atoms with E-state index in [4.69, 9.17) is 9.47 Å². The molecule has 40 heavy (non-hydrogen) atoms. The third-order valence-electron chi connectivity index (χ3n) is 7.29. The summed E-state index contributed by atoms with van der Waals surface area (Å²) >= 11 is 0. The van der Waals surface area contributed by atoms with Crippen LogP contribution < -0.4 is 15.0 Å². The number of nitrogens with zero attached hydrogens (tertiary/aromatic N) is 4. The zero-order valence-corrected chi connectivity index (χ0v) is 23.5. The number of aliphatic carboxylic acids is 1. The van der Waals surface area contributed by atoms with E-state index < -0.39 is 17.7 Å². The number of aryl methyl sites for hydroxylation is 1. The molecule has 0 unspecified atom stereocenters. The van der Waals surface area contributed by atoms with Gasteiger partial charge in [-0.2, -0.15) is 9.61 Å². The van der Waals surface area contributed by atoms with E-state index in [9.17, 15) is 14.7 Å². The number of piperidine rings is 1. The molecular weight excluding hydrogens is 510 g/mol. The van der Waals surface area contributed by atoms with Crippen molar-refractivity contribution in [1.82, 2.24) is 19.9 Å². The second-order valence-electron chi connectivity index (χ2n) is 11.4. The fourth-order valence-corrected chi connectivity index (χ4v) is 5.36. The van der Waals surface area contributed by atoms with Crippen molar-refractivity contribution in [3.63, 3.8) is 0 Å². The lowest BCUT2D eigenvalue weighted by Gasteiger charge is -2.36. The molecule has 2 aromatic heterocycles. The SMILES string of the molecule is Cc1nc2cc3nn2c(c1[C@H](OC(C)(C)C)C(=O)O)N1CCC(C/C=C/COc2ccccc2CNC3=O)CC1. The van der Waals surface area contributed by atoms with E-state index in [1.807, 2.05) is 51.1 Å². The lowest BCUT2D eigenvalue weighted by atomic mass is 9.93. The van der Waals surface area contributed by atoms with Crippen molar-refractivity contribution in [2.75, 3.05) is 24.6 Å². The summed E-state index contributed by atoms with van der Waals surface area (Å²) in [5.41, 5.74) is 1.83. The minimum absolute atomic E-state index is 0.200. The zero-order valence-electron chi connectivity index (χ0n) is 23.5. The number of nitrogens with one attached hydrogen (secondary N) is 1. The van der Waals surface area contributed by atoms with Gasteiger partial charge in [-0.1, -0.05) is 30.4 Å². The van der Waals surface area contributed by atoms with Crippen LogP contribution in [0.4, 0.5) is 5.82 Å². The zero-order chi connectivity index (χ0) is 28.4. The molecule has 3 aliphatic rings. The standard InChI is InChI=1S/C30H37N5O5/c1-19-25(26(29(37)38)40-30(2,3)4)28-34-14-12-20(13-15-34)9-7-8-16-39-23-11-6-5-10-21(23)18-31-27(36)22-17-24(32-19)35(28)33-22/h5-8,10-11,17,20,26H,9,12-16,18H2,1-4H3,(H,31,36)(H,37,38)/b8-7+/t26-/m0/s1. The number of benzene rings is 1. The highest BCUT2D eigenvalue weighted by atomic mass is 16.5. The molecule has 1 saturated heterocycles. The molecule has 10 heteroatoms. The van der Waals surface area contributed by atoms with Crippen molar-refractivity contribution < 1.29 is 24.2 Å². The van der Waals surface area contributed by atoms with Gasteiger partial charge < -0.3 is 24.8 Å². The van der Waals surface area contributed by atoms with Crippen molar-refractivity contribution in [1.29, 1.82) is 0 Å². The second kappa shape index (κ2) is 11.3. The van der Waals surface area contributed by atoms with Gasteiger partial charge in [-0.3, -0.25) is 4.79 Å². The number of hydrogen-bond donors (Lipinski definition) is 2. The first-order valence-electron chi connectivity index (χ1n) is 13.8. The Bertz CT molecular complexity index is 1430. The molecule has 3 aliphatic heterocycles. The van der Waals surface area contributed by atoms with E-state index in [2.05, 4.69) is 26.4 Å². The molecule has 212 valence electrons. The van der Waals surface area contributed by atoms with Gasteiger partial charge in [-0.05, 0) is 58.9 Å². The number of aromatic nitrogens is 3. The molecule has 1 amide bonds. The van der Waals surface area contributed by atoms with Crippen LogP contribution >= 0.6 is 0 Å². The van der Waals surface area contributed by atoms with E-state index >= 15 is 0 Å². The van der Waals surface area contributed by atoms with Crippen LogP contribution in [0.5, 0.6) is 5.75 Å². The van der Waals surface area contributed by atoms with Crippen LogP contribution in [0.15, 0.2) is 42.5 Å². The normalized spacial score (nSPS) is 18.5. The fraction of sp³-hybridized carbons (Fsp3) is 0.467. The summed E-state index contributed by atoms with van der Waals surface area (Å²) in [6.07, 6.45) is 5.79. The molecule has 1 atom stereocenters. The monoisotopic (exact) mass is 547 g/mol. The average Bonchev–Trinajstić information content (AvgIpc) is 3.33. The van der Waals surface area contributed by atoms with E-state index in [-0.39, 0.29) is 18.1 Å². The van der Waals surface area contributed by atoms with Crippen molar-refractivity contribution in [3.8, 4) is 5.75 Å². The Morgan fingerprint density at radius 2 is 1.95 bits per heavy atom. The molecular formula is C30H37N5O5. The number of rotatable bonds is 3. The van der Waals surface area contributed by atoms with Gasteiger partial charge in [0.2, 0.25) is 0 Å². The van der Waals surface area contributed by atoms with Crippen LogP contribution in [-0.4, -0.2) is 56.9 Å². The van der Waals surface area contributed by atoms with Gasteiger partial charge in [-0.15, -0.1) is 0 Å². The quantitative estimate of drug-likeness (QED) is 0.462. The number of carboxylic acids is 1. The second-order valence-corrected chi connectivity index (χ2v) is 11.4. The van der Waals surface area contributed by atoms with Crippen molar-refractivity contribution >= 4 is 23.3 Å². The van der Waals surface area contributed by atoms with Gasteiger partial charge in [0.05, 0.1) is 11.2 Å². The predicted molar refractivity (Wildman–Crippen MR) is 151 cm³/mol. The summed E-state index contributed by atoms with van der Waals surface area (Å²) in [5.74, 6) is 0.388. The third-order valence-corrected chi connectivity index (χ3v) is 7.29. The Labute approximate surface area is 234 Å². The first kappa shape index (κ1) is 27.6. The summed E-state index contributed by atoms with van der Waals surface area (Å²) in [5, 5.41) is 17.9. The molecule has 4 bridgehead atoms. The van der Waals surface area contributed by atoms with Crippen molar-refractivity contribution in [2.45, 2.75) is 65.2 Å². The Hall–Kier alpha value is -3.92. The van der Waals surface area contributed by atoms with Gasteiger partial charge in [0, 0.05) is 37.0 Å². The first-order valence-corrected chi connectivity index (χ1v) is 13.8. The molecule has 6 rings (SSSR count). The molecule has 0 saturated carbocycles. The summed E-state index contributed by atoms with van der Waals surface area (Å²) in [6.45, 7) is 9.44. The summed E-state index contributed by atoms with van der Waals surface area (Å²) < 4.78 is 13.7. The number of carbonyl (C=O) groups is 2. The van der Waals surface area contributed by atoms with Crippen LogP contribution in [0.1, 0.15) is 73.4 Å². The van der Waals surface area contributed by atoms with E-state index in [1.54, 1.807) is 17.5 Å². The number of carbonyl (C=O) groups excluding carboxylic acids is 1. The van der Waals surface area contributed by atoms with E-state index in [1.165, 1.54) is 0 Å². The molecule has 1 fully saturated rings. The lowest BCUT2D eigenvalue weighted by Crippen LogP contribution is -2.37. The summed E-state index contributed by atoms with van der Waals surface area (Å²) in [6, 6.07) is 9.28. The Morgan fingerprint density at radius 1 is 1.20 bits per heavy atom.